The van der Waals surface area contributed by atoms with Gasteiger partial charge in [-0.15, -0.1) is 0 Å². The smallest absolute Gasteiger partial charge is 0.311 e. The van der Waals surface area contributed by atoms with E-state index in [0.717, 1.165) is 42.4 Å². The van der Waals surface area contributed by atoms with Crippen molar-refractivity contribution < 1.29 is 112 Å². The number of methoxy groups -OCH3 is 2. The van der Waals surface area contributed by atoms with Crippen LogP contribution in [0.5, 0.6) is 0 Å². The number of esters is 2. The molecule has 9 rings (SSSR count). The SMILES string of the molecule is CC[C@H]1OC(=O)[C@H](C)[C@@H](O[C@H]2C[C@@](C)(OC)[C@@H](O)[C@H](C)O2)[C@H](C)[C@@H](O[C@@H]2O[C@H](C)C[C@H](N(C)CCC(C)(C)C)[C@H]2O)[C@](C)(OC)C[C@@H](C)C(=O)[C@H](O)[C@@H](OC/C=C/c2cnc3ccccc3c2)[C@]1(C)O.CC[C@H]1OC(=O)[C@H](C)[C@H]2OC3(CCNCC3)O[C@@](C)(C[C@@H](C)CN(C)[C@H](C)[C@@H](O)[C@]1(C)O)[C@H](O[C@@H]1O[C@H](C)C[C@H](N(C)CCC(C)(C)C)[C@H]1O)[C@H]2C. The Labute approximate surface area is 729 Å². The number of aliphatic hydroxyl groups is 7. The van der Waals surface area contributed by atoms with Crippen LogP contribution >= 0.6 is 0 Å². The summed E-state index contributed by atoms with van der Waals surface area (Å²) in [5, 5.41) is 87.5. The summed E-state index contributed by atoms with van der Waals surface area (Å²) in [4.78, 5) is 54.6. The fourth-order valence-corrected chi connectivity index (χ4v) is 19.9. The Balaban J connectivity index is 0.000000317. The average molecular weight is 1730 g/mol. The average Bonchev–Trinajstić information content (AvgIpc) is 1.56. The molecule has 28 heteroatoms. The highest BCUT2D eigenvalue weighted by Gasteiger charge is 2.60. The summed E-state index contributed by atoms with van der Waals surface area (Å²) in [5.74, 6) is -6.82. The van der Waals surface area contributed by atoms with Gasteiger partial charge in [0.25, 0.3) is 0 Å². The number of hydrogen-bond donors (Lipinski definition) is 8. The lowest BCUT2D eigenvalue weighted by molar-refractivity contribution is -0.329. The van der Waals surface area contributed by atoms with Gasteiger partial charge >= 0.3 is 11.9 Å². The number of aliphatic hydroxyl groups excluding tert-OH is 5. The Bertz CT molecular complexity index is 3650. The Morgan fingerprint density at radius 2 is 1.19 bits per heavy atom. The van der Waals surface area contributed by atoms with Gasteiger partial charge in [0.2, 0.25) is 0 Å². The highest BCUT2D eigenvalue weighted by molar-refractivity contribution is 5.86. The standard InChI is InChI=1S/C54H86N2O14.C40H75N3O9/c1-16-40-54(12,62)48(65-25-19-20-36-27-37-21-17-18-22-38(37)55-30-36)44(59)42(57)31(2)28-53(11,64-15)47(70-50-43(58)39(26-32(3)66-50)56(13)24-23-51(7,8)9)33(4)45(34(5)49(61)68-40)69-41-29-52(10,63-14)46(60)35(6)67-41;1-14-30-39(11,47)33(45)28(6)43(13)23-24(2)22-38(10)34(50-36-31(44)29(21-25(3)48-36)42(12)20-17-37(7,8)9)26(4)32(27(5)35(46)49-30)51-40(52-38)15-18-41-19-16-40/h17-22,27,30-35,39-41,43-48,50,58-60,62H,16,23-26,28-29H2,1-15H3;24-34,36,41,44-45,47H,14-23H2,1-13H3/b20-19+;/t31-,32-,33+,34-,35+,39+,40-,41+,43-,44+,45+,46+,47-,48-,50+,52-,53-,54-;24-,25-,26+,27-,28-,29+,30-,31-,32+,33-,34-,36+,38+,39-/m11/s1. The van der Waals surface area contributed by atoms with Crippen molar-refractivity contribution in [1.82, 2.24) is 25.0 Å². The summed E-state index contributed by atoms with van der Waals surface area (Å²) >= 11 is 0. The van der Waals surface area contributed by atoms with Crippen molar-refractivity contribution in [2.75, 3.05) is 74.7 Å². The lowest BCUT2D eigenvalue weighted by Crippen LogP contribution is -2.62. The molecule has 0 radical (unpaired) electrons. The number of nitrogens with zero attached hydrogens (tertiary/aromatic N) is 4. The molecule has 0 unspecified atom stereocenters. The van der Waals surface area contributed by atoms with Crippen molar-refractivity contribution in [3.63, 3.8) is 0 Å². The third-order valence-corrected chi connectivity index (χ3v) is 28.0. The number of fused-ring (bicyclic) bond motifs is 4. The number of carbonyl (C=O) groups excluding carboxylic acids is 3. The van der Waals surface area contributed by atoms with Gasteiger partial charge in [-0.3, -0.25) is 19.4 Å². The van der Waals surface area contributed by atoms with Crippen LogP contribution in [0.1, 0.15) is 235 Å². The number of benzene rings is 1. The van der Waals surface area contributed by atoms with E-state index in [2.05, 4.69) is 82.5 Å². The van der Waals surface area contributed by atoms with E-state index < -0.39 is 185 Å². The second-order valence-electron chi connectivity index (χ2n) is 41.0. The predicted molar refractivity (Wildman–Crippen MR) is 466 cm³/mol. The molecule has 0 amide bonds. The number of ketones is 1. The number of Topliss-reactive ketones (excluding diaryl/α,β-unsaturated/α-hetero) is 1. The molecule has 122 heavy (non-hydrogen) atoms. The molecule has 8 heterocycles. The van der Waals surface area contributed by atoms with E-state index in [1.54, 1.807) is 73.7 Å². The fraction of sp³-hybridized carbons (Fsp3) is 0.851. The van der Waals surface area contributed by atoms with Gasteiger partial charge in [0.1, 0.15) is 60.0 Å². The van der Waals surface area contributed by atoms with Crippen LogP contribution in [-0.2, 0) is 76.0 Å². The molecule has 2 aromatic rings. The maximum absolute atomic E-state index is 14.8. The number of carbonyl (C=O) groups is 3. The van der Waals surface area contributed by atoms with E-state index in [1.807, 2.05) is 90.9 Å². The molecule has 0 aliphatic carbocycles. The number of cyclic esters (lactones) is 2. The zero-order chi connectivity index (χ0) is 91.1. The van der Waals surface area contributed by atoms with Crippen LogP contribution in [0.2, 0.25) is 0 Å². The number of nitrogens with one attached hydrogen (secondary N) is 1. The molecule has 2 bridgehead atoms. The fourth-order valence-electron chi connectivity index (χ4n) is 19.9. The van der Waals surface area contributed by atoms with Crippen LogP contribution < -0.4 is 5.32 Å². The normalized spacial score (nSPS) is 41.9. The molecule has 0 saturated carbocycles. The minimum Gasteiger partial charge on any atom is -0.459 e. The zero-order valence-electron chi connectivity index (χ0n) is 79.2. The second kappa shape index (κ2) is 42.8. The number of piperidine rings is 1. The quantitative estimate of drug-likeness (QED) is 0.0571. The minimum atomic E-state index is -2.10. The van der Waals surface area contributed by atoms with E-state index in [9.17, 15) is 50.1 Å². The third kappa shape index (κ3) is 25.2. The van der Waals surface area contributed by atoms with Crippen LogP contribution in [0.3, 0.4) is 0 Å². The van der Waals surface area contributed by atoms with Crippen molar-refractivity contribution >= 4 is 34.7 Å². The Morgan fingerprint density at radius 1 is 0.656 bits per heavy atom. The Hall–Kier alpha value is -3.90. The van der Waals surface area contributed by atoms with Gasteiger partial charge < -0.3 is 117 Å². The van der Waals surface area contributed by atoms with Crippen LogP contribution in [0.4, 0.5) is 0 Å². The molecule has 32 atom stereocenters. The van der Waals surface area contributed by atoms with Gasteiger partial charge in [0, 0.05) is 101 Å². The van der Waals surface area contributed by atoms with Crippen molar-refractivity contribution in [2.45, 2.75) is 392 Å². The van der Waals surface area contributed by atoms with Crippen LogP contribution in [0.25, 0.3) is 17.0 Å². The minimum absolute atomic E-state index is 0.0287. The molecule has 8 N–H and O–H groups in total. The second-order valence-corrected chi connectivity index (χ2v) is 41.0. The van der Waals surface area contributed by atoms with E-state index in [1.165, 1.54) is 21.1 Å². The van der Waals surface area contributed by atoms with Gasteiger partial charge in [-0.05, 0) is 196 Å². The largest absolute Gasteiger partial charge is 0.459 e. The Morgan fingerprint density at radius 3 is 1.73 bits per heavy atom. The molecule has 1 spiro atoms. The highest BCUT2D eigenvalue weighted by Crippen LogP contribution is 2.49. The molecule has 7 saturated heterocycles. The lowest BCUT2D eigenvalue weighted by atomic mass is 9.75. The number of hydrogen-bond acceptors (Lipinski definition) is 28. The first kappa shape index (κ1) is 103. The zero-order valence-corrected chi connectivity index (χ0v) is 79.2. The van der Waals surface area contributed by atoms with Crippen molar-refractivity contribution in [2.24, 2.45) is 46.3 Å². The first-order valence-electron chi connectivity index (χ1n) is 45.4. The number of pyridine rings is 1. The monoisotopic (exact) mass is 1730 g/mol. The first-order chi connectivity index (χ1) is 56.7. The summed E-state index contributed by atoms with van der Waals surface area (Å²) in [6, 6.07) is 8.76. The topological polar surface area (TPSA) is 347 Å². The molecule has 7 aliphatic rings. The van der Waals surface area contributed by atoms with Gasteiger partial charge in [-0.2, -0.15) is 0 Å². The molecule has 28 nitrogen and oxygen atoms in total. The van der Waals surface area contributed by atoms with E-state index in [0.29, 0.717) is 58.2 Å². The summed E-state index contributed by atoms with van der Waals surface area (Å²) < 4.78 is 85.4. The van der Waals surface area contributed by atoms with Gasteiger partial charge in [-0.1, -0.05) is 113 Å². The van der Waals surface area contributed by atoms with Crippen LogP contribution in [0.15, 0.2) is 42.6 Å². The molecular weight excluding hydrogens is 1570 g/mol. The summed E-state index contributed by atoms with van der Waals surface area (Å²) in [7, 11) is 9.00. The molecule has 7 fully saturated rings. The molecule has 1 aromatic carbocycles. The Kier molecular flexibility index (Phi) is 36.3. The maximum atomic E-state index is 14.8. The van der Waals surface area contributed by atoms with Gasteiger partial charge in [0.05, 0.1) is 83.5 Å². The highest BCUT2D eigenvalue weighted by atomic mass is 16.8. The number of ether oxygens (including phenoxy) is 13. The van der Waals surface area contributed by atoms with Gasteiger partial charge in [-0.25, -0.2) is 0 Å². The number of aromatic nitrogens is 1. The van der Waals surface area contributed by atoms with Crippen LogP contribution in [-0.4, -0.2) is 310 Å². The number of rotatable bonds is 20. The van der Waals surface area contributed by atoms with Gasteiger partial charge in [0.15, 0.2) is 30.4 Å². The molecule has 700 valence electrons. The first-order valence-corrected chi connectivity index (χ1v) is 45.4. The third-order valence-electron chi connectivity index (χ3n) is 28.0. The lowest BCUT2D eigenvalue weighted by Gasteiger charge is -2.50. The number of para-hydroxylation sites is 1. The summed E-state index contributed by atoms with van der Waals surface area (Å²) in [5.41, 5.74) is -5.32. The van der Waals surface area contributed by atoms with E-state index in [-0.39, 0.29) is 66.9 Å². The summed E-state index contributed by atoms with van der Waals surface area (Å²) in [6.07, 6.45) is -7.09. The van der Waals surface area contributed by atoms with Crippen molar-refractivity contribution in [1.29, 1.82) is 0 Å². The molecular formula is C94H161N5O23. The van der Waals surface area contributed by atoms with E-state index >= 15 is 0 Å². The van der Waals surface area contributed by atoms with Crippen molar-refractivity contribution in [3.05, 3.63) is 48.2 Å². The molecule has 7 aliphatic heterocycles. The molecule has 1 aromatic heterocycles. The van der Waals surface area contributed by atoms with E-state index in [4.69, 9.17) is 61.6 Å². The number of likely N-dealkylation sites (N-methyl/N-ethyl adjacent to an activating group) is 3. The predicted octanol–water partition coefficient (Wildman–Crippen LogP) is 10.2. The summed E-state index contributed by atoms with van der Waals surface area (Å²) in [6.45, 7) is 47.5. The maximum Gasteiger partial charge on any atom is 0.311 e. The van der Waals surface area contributed by atoms with Crippen LogP contribution in [0, 0.1) is 46.3 Å². The van der Waals surface area contributed by atoms with Crippen molar-refractivity contribution in [3.8, 4) is 0 Å².